The van der Waals surface area contributed by atoms with Crippen molar-refractivity contribution in [1.29, 1.82) is 0 Å². The number of likely N-dealkylation sites (tertiary alicyclic amines) is 1. The molecule has 1 heterocycles. The van der Waals surface area contributed by atoms with Gasteiger partial charge in [-0.1, -0.05) is 13.8 Å². The molecule has 0 aromatic heterocycles. The lowest BCUT2D eigenvalue weighted by atomic mass is 9.92. The van der Waals surface area contributed by atoms with Gasteiger partial charge in [-0.2, -0.15) is 11.8 Å². The van der Waals surface area contributed by atoms with Gasteiger partial charge in [0, 0.05) is 31.3 Å². The minimum absolute atomic E-state index is 0.141. The van der Waals surface area contributed by atoms with Crippen LogP contribution in [0.15, 0.2) is 0 Å². The third-order valence-corrected chi connectivity index (χ3v) is 4.58. The smallest absolute Gasteiger partial charge is 0.226 e. The molecular formula is C13H26N2OS. The van der Waals surface area contributed by atoms with Crippen LogP contribution in [0.5, 0.6) is 0 Å². The number of nitrogens with zero attached hydrogens (tertiary/aromatic N) is 2. The topological polar surface area (TPSA) is 23.6 Å². The zero-order valence-corrected chi connectivity index (χ0v) is 12.6. The average molecular weight is 258 g/mol. The summed E-state index contributed by atoms with van der Waals surface area (Å²) in [6.45, 7) is 6.49. The van der Waals surface area contributed by atoms with Crippen molar-refractivity contribution in [1.82, 2.24) is 9.80 Å². The number of piperidine rings is 1. The summed E-state index contributed by atoms with van der Waals surface area (Å²) in [5, 5.41) is 0. The molecule has 0 bridgehead atoms. The lowest BCUT2D eigenvalue weighted by Crippen LogP contribution is -2.51. The molecule has 1 amide bonds. The van der Waals surface area contributed by atoms with E-state index >= 15 is 0 Å². The van der Waals surface area contributed by atoms with Crippen LogP contribution in [0, 0.1) is 11.8 Å². The van der Waals surface area contributed by atoms with Crippen LogP contribution in [0.4, 0.5) is 0 Å². The molecule has 0 aliphatic carbocycles. The van der Waals surface area contributed by atoms with Gasteiger partial charge in [0.05, 0.1) is 0 Å². The molecule has 4 heteroatoms. The lowest BCUT2D eigenvalue weighted by Gasteiger charge is -2.40. The Balaban J connectivity index is 2.56. The molecule has 0 radical (unpaired) electrons. The molecule has 1 rings (SSSR count). The van der Waals surface area contributed by atoms with Crippen molar-refractivity contribution in [2.45, 2.75) is 26.3 Å². The fourth-order valence-corrected chi connectivity index (χ4v) is 3.39. The molecule has 3 atom stereocenters. The number of hydrogen-bond donors (Lipinski definition) is 0. The van der Waals surface area contributed by atoms with Gasteiger partial charge in [0.2, 0.25) is 5.91 Å². The van der Waals surface area contributed by atoms with Crippen LogP contribution < -0.4 is 0 Å². The van der Waals surface area contributed by atoms with Crippen molar-refractivity contribution >= 4 is 17.7 Å². The first kappa shape index (κ1) is 14.8. The summed E-state index contributed by atoms with van der Waals surface area (Å²) < 4.78 is 0. The number of thioether (sulfide) groups is 1. The monoisotopic (exact) mass is 258 g/mol. The van der Waals surface area contributed by atoms with E-state index < -0.39 is 0 Å². The fraction of sp³-hybridized carbons (Fsp3) is 0.923. The Labute approximate surface area is 110 Å². The summed E-state index contributed by atoms with van der Waals surface area (Å²) in [6.07, 6.45) is 3.16. The predicted molar refractivity (Wildman–Crippen MR) is 75.4 cm³/mol. The molecule has 0 aromatic rings. The normalized spacial score (nSPS) is 27.8. The minimum Gasteiger partial charge on any atom is -0.342 e. The molecule has 1 aliphatic rings. The molecule has 100 valence electrons. The van der Waals surface area contributed by atoms with Crippen molar-refractivity contribution in [3.8, 4) is 0 Å². The van der Waals surface area contributed by atoms with Crippen molar-refractivity contribution < 1.29 is 4.79 Å². The molecule has 1 fully saturated rings. The highest BCUT2D eigenvalue weighted by Crippen LogP contribution is 2.22. The van der Waals surface area contributed by atoms with Crippen molar-refractivity contribution in [2.24, 2.45) is 11.8 Å². The zero-order valence-electron chi connectivity index (χ0n) is 11.8. The van der Waals surface area contributed by atoms with E-state index in [4.69, 9.17) is 0 Å². The summed E-state index contributed by atoms with van der Waals surface area (Å²) in [5.41, 5.74) is 0. The standard InChI is InChI=1S/C13H26N2OS/c1-10-8-14(3)7-6-12(10)15(4)13(16)11(2)9-17-5/h10-12H,6-9H2,1-5H3/t10-,11+,12-/m1/s1. The van der Waals surface area contributed by atoms with Crippen LogP contribution in [-0.2, 0) is 4.79 Å². The third-order valence-electron chi connectivity index (χ3n) is 3.75. The quantitative estimate of drug-likeness (QED) is 0.768. The van der Waals surface area contributed by atoms with Crippen LogP contribution in [0.3, 0.4) is 0 Å². The third kappa shape index (κ3) is 3.88. The van der Waals surface area contributed by atoms with Crippen LogP contribution in [-0.4, -0.2) is 60.9 Å². The Kier molecular flexibility index (Phi) is 5.80. The van der Waals surface area contributed by atoms with Gasteiger partial charge in [-0.05, 0) is 32.2 Å². The van der Waals surface area contributed by atoms with Crippen molar-refractivity contribution in [3.63, 3.8) is 0 Å². The van der Waals surface area contributed by atoms with Gasteiger partial charge < -0.3 is 9.80 Å². The Morgan fingerprint density at radius 1 is 1.59 bits per heavy atom. The average Bonchev–Trinajstić information content (AvgIpc) is 2.27. The molecule has 17 heavy (non-hydrogen) atoms. The second-order valence-corrected chi connectivity index (χ2v) is 6.31. The van der Waals surface area contributed by atoms with Crippen molar-refractivity contribution in [3.05, 3.63) is 0 Å². The molecule has 0 unspecified atom stereocenters. The maximum atomic E-state index is 12.3. The Morgan fingerprint density at radius 3 is 2.76 bits per heavy atom. The molecule has 1 saturated heterocycles. The number of amides is 1. The summed E-state index contributed by atoms with van der Waals surface area (Å²) >= 11 is 1.75. The van der Waals surface area contributed by atoms with Gasteiger partial charge in [0.1, 0.15) is 0 Å². The van der Waals surface area contributed by atoms with Crippen LogP contribution >= 0.6 is 11.8 Å². The number of hydrogen-bond acceptors (Lipinski definition) is 3. The van der Waals surface area contributed by atoms with E-state index in [9.17, 15) is 4.79 Å². The van der Waals surface area contributed by atoms with E-state index in [0.717, 1.165) is 25.3 Å². The van der Waals surface area contributed by atoms with E-state index in [-0.39, 0.29) is 5.92 Å². The highest BCUT2D eigenvalue weighted by atomic mass is 32.2. The Bertz CT molecular complexity index is 260. The molecule has 3 nitrogen and oxygen atoms in total. The molecular weight excluding hydrogens is 232 g/mol. The Hall–Kier alpha value is -0.220. The van der Waals surface area contributed by atoms with E-state index in [0.29, 0.717) is 17.9 Å². The fourth-order valence-electron chi connectivity index (χ4n) is 2.75. The molecule has 0 aromatic carbocycles. The summed E-state index contributed by atoms with van der Waals surface area (Å²) in [4.78, 5) is 16.6. The van der Waals surface area contributed by atoms with Gasteiger partial charge >= 0.3 is 0 Å². The summed E-state index contributed by atoms with van der Waals surface area (Å²) in [6, 6.07) is 0.419. The predicted octanol–water partition coefficient (Wildman–Crippen LogP) is 1.78. The number of carbonyl (C=O) groups is 1. The van der Waals surface area contributed by atoms with Gasteiger partial charge in [-0.25, -0.2) is 0 Å². The minimum atomic E-state index is 0.141. The number of carbonyl (C=O) groups excluding carboxylic acids is 1. The first-order chi connectivity index (χ1) is 7.97. The SMILES string of the molecule is CSC[C@H](C)C(=O)N(C)[C@@H]1CCN(C)C[C@H]1C. The van der Waals surface area contributed by atoms with E-state index in [1.54, 1.807) is 11.8 Å². The van der Waals surface area contributed by atoms with Gasteiger partial charge in [0.25, 0.3) is 0 Å². The zero-order chi connectivity index (χ0) is 13.0. The van der Waals surface area contributed by atoms with Gasteiger partial charge in [0.15, 0.2) is 0 Å². The molecule has 0 N–H and O–H groups in total. The first-order valence-corrected chi connectivity index (χ1v) is 7.81. The van der Waals surface area contributed by atoms with Crippen LogP contribution in [0.2, 0.25) is 0 Å². The van der Waals surface area contributed by atoms with Crippen LogP contribution in [0.1, 0.15) is 20.3 Å². The second-order valence-electron chi connectivity index (χ2n) is 5.40. The van der Waals surface area contributed by atoms with E-state index in [2.05, 4.69) is 25.1 Å². The highest BCUT2D eigenvalue weighted by Gasteiger charge is 2.31. The summed E-state index contributed by atoms with van der Waals surface area (Å²) in [7, 11) is 4.14. The highest BCUT2D eigenvalue weighted by molar-refractivity contribution is 7.98. The van der Waals surface area contributed by atoms with Gasteiger partial charge in [-0.3, -0.25) is 4.79 Å². The first-order valence-electron chi connectivity index (χ1n) is 6.41. The van der Waals surface area contributed by atoms with Crippen LogP contribution in [0.25, 0.3) is 0 Å². The maximum absolute atomic E-state index is 12.3. The largest absolute Gasteiger partial charge is 0.342 e. The second kappa shape index (κ2) is 6.64. The summed E-state index contributed by atoms with van der Waals surface area (Å²) in [5.74, 6) is 1.94. The van der Waals surface area contributed by atoms with Crippen molar-refractivity contribution in [2.75, 3.05) is 39.2 Å². The molecule has 0 spiro atoms. The lowest BCUT2D eigenvalue weighted by molar-refractivity contribution is -0.137. The molecule has 1 aliphatic heterocycles. The van der Waals surface area contributed by atoms with E-state index in [1.165, 1.54) is 0 Å². The Morgan fingerprint density at radius 2 is 2.24 bits per heavy atom. The number of rotatable bonds is 4. The van der Waals surface area contributed by atoms with E-state index in [1.807, 2.05) is 18.9 Å². The maximum Gasteiger partial charge on any atom is 0.226 e. The molecule has 0 saturated carbocycles. The van der Waals surface area contributed by atoms with Gasteiger partial charge in [-0.15, -0.1) is 0 Å².